The molecule has 1 saturated heterocycles. The molecule has 2 rings (SSSR count). The molecule has 0 saturated carbocycles. The van der Waals surface area contributed by atoms with Crippen molar-refractivity contribution in [3.8, 4) is 0 Å². The number of carbonyl (C=O) groups excluding carboxylic acids is 1. The van der Waals surface area contributed by atoms with E-state index in [1.54, 1.807) is 0 Å². The number of rotatable bonds is 5. The zero-order chi connectivity index (χ0) is 18.6. The molecule has 7 heteroatoms. The second kappa shape index (κ2) is 8.00. The third kappa shape index (κ3) is 4.29. The Balaban J connectivity index is 2.44. The van der Waals surface area contributed by atoms with Crippen LogP contribution in [-0.2, 0) is 9.59 Å². The molecule has 1 aliphatic rings. The number of hydrogen-bond acceptors (Lipinski definition) is 2. The Labute approximate surface area is 143 Å². The van der Waals surface area contributed by atoms with Crippen molar-refractivity contribution < 1.29 is 27.9 Å². The van der Waals surface area contributed by atoms with Gasteiger partial charge in [0.05, 0.1) is 12.1 Å². The summed E-state index contributed by atoms with van der Waals surface area (Å²) in [5.41, 5.74) is 0.141. The molecule has 0 bridgehead atoms. The van der Waals surface area contributed by atoms with Gasteiger partial charge in [-0.15, -0.1) is 6.58 Å². The van der Waals surface area contributed by atoms with Crippen LogP contribution in [0.5, 0.6) is 0 Å². The topological polar surface area (TPSA) is 57.6 Å². The van der Waals surface area contributed by atoms with Crippen LogP contribution in [0.15, 0.2) is 36.9 Å². The van der Waals surface area contributed by atoms with Crippen LogP contribution in [0, 0.1) is 17.5 Å². The van der Waals surface area contributed by atoms with E-state index >= 15 is 0 Å². The van der Waals surface area contributed by atoms with E-state index in [2.05, 4.69) is 6.58 Å². The van der Waals surface area contributed by atoms with E-state index in [0.29, 0.717) is 19.3 Å². The number of aliphatic carboxylic acids is 1. The molecule has 1 N–H and O–H groups in total. The minimum Gasteiger partial charge on any atom is -0.478 e. The number of likely N-dealkylation sites (tertiary alicyclic amines) is 1. The molecule has 134 valence electrons. The van der Waals surface area contributed by atoms with Crippen LogP contribution in [0.25, 0.3) is 0 Å². The first-order valence-electron chi connectivity index (χ1n) is 7.82. The zero-order valence-corrected chi connectivity index (χ0v) is 13.4. The monoisotopic (exact) mass is 353 g/mol. The summed E-state index contributed by atoms with van der Waals surface area (Å²) in [7, 11) is 0. The van der Waals surface area contributed by atoms with Crippen molar-refractivity contribution in [2.45, 2.75) is 37.8 Å². The minimum absolute atomic E-state index is 0.0000698. The van der Waals surface area contributed by atoms with Gasteiger partial charge in [-0.25, -0.2) is 18.0 Å². The first-order chi connectivity index (χ1) is 11.8. The Bertz CT molecular complexity index is 695. The van der Waals surface area contributed by atoms with Gasteiger partial charge in [-0.2, -0.15) is 0 Å². The van der Waals surface area contributed by atoms with Crippen LogP contribution in [0.4, 0.5) is 13.2 Å². The van der Waals surface area contributed by atoms with E-state index in [1.807, 2.05) is 0 Å². The average molecular weight is 353 g/mol. The van der Waals surface area contributed by atoms with Gasteiger partial charge in [0.2, 0.25) is 5.91 Å². The largest absolute Gasteiger partial charge is 0.478 e. The standard InChI is InChI=1S/C18H18F3NO3/c1-2-4-16(23)22-12(7-8-17(24)25)5-3-6-15(22)11-9-13(19)18(21)14(20)10-11/h2,7-10,12,15H,1,3-6H2,(H,24,25)/b8-7+/t12-,15+/m1/s1. The van der Waals surface area contributed by atoms with Gasteiger partial charge >= 0.3 is 5.97 Å². The lowest BCUT2D eigenvalue weighted by Crippen LogP contribution is -2.44. The van der Waals surface area contributed by atoms with E-state index < -0.39 is 35.5 Å². The van der Waals surface area contributed by atoms with Gasteiger partial charge < -0.3 is 10.0 Å². The van der Waals surface area contributed by atoms with E-state index in [4.69, 9.17) is 5.11 Å². The minimum atomic E-state index is -1.56. The van der Waals surface area contributed by atoms with Crippen LogP contribution in [0.1, 0.15) is 37.3 Å². The molecule has 25 heavy (non-hydrogen) atoms. The Morgan fingerprint density at radius 3 is 2.44 bits per heavy atom. The molecule has 0 spiro atoms. The van der Waals surface area contributed by atoms with Gasteiger partial charge in [-0.05, 0) is 37.0 Å². The molecule has 1 aromatic rings. The van der Waals surface area contributed by atoms with Crippen molar-refractivity contribution >= 4 is 11.9 Å². The highest BCUT2D eigenvalue weighted by Gasteiger charge is 2.34. The molecule has 0 aliphatic carbocycles. The van der Waals surface area contributed by atoms with Gasteiger partial charge in [0, 0.05) is 12.5 Å². The van der Waals surface area contributed by atoms with Gasteiger partial charge in [-0.3, -0.25) is 4.79 Å². The van der Waals surface area contributed by atoms with Crippen LogP contribution >= 0.6 is 0 Å². The Morgan fingerprint density at radius 1 is 1.24 bits per heavy atom. The first kappa shape index (κ1) is 18.8. The predicted molar refractivity (Wildman–Crippen MR) is 85.1 cm³/mol. The molecule has 1 amide bonds. The van der Waals surface area contributed by atoms with Crippen molar-refractivity contribution in [1.29, 1.82) is 0 Å². The molecule has 0 aromatic heterocycles. The molecule has 1 heterocycles. The van der Waals surface area contributed by atoms with E-state index in [9.17, 15) is 22.8 Å². The van der Waals surface area contributed by atoms with E-state index in [1.165, 1.54) is 17.1 Å². The maximum Gasteiger partial charge on any atom is 0.328 e. The van der Waals surface area contributed by atoms with Crippen LogP contribution < -0.4 is 0 Å². The second-order valence-corrected chi connectivity index (χ2v) is 5.80. The maximum absolute atomic E-state index is 13.6. The number of hydrogen-bond donors (Lipinski definition) is 1. The molecule has 4 nitrogen and oxygen atoms in total. The highest BCUT2D eigenvalue weighted by molar-refractivity contribution is 5.81. The summed E-state index contributed by atoms with van der Waals surface area (Å²) in [4.78, 5) is 24.7. The first-order valence-corrected chi connectivity index (χ1v) is 7.82. The SMILES string of the molecule is C=CCC(=O)N1[C@@H](/C=C/C(=O)O)CCC[C@H]1c1cc(F)c(F)c(F)c1. The van der Waals surface area contributed by atoms with Gasteiger partial charge in [0.25, 0.3) is 0 Å². The van der Waals surface area contributed by atoms with Crippen molar-refractivity contribution in [1.82, 2.24) is 4.90 Å². The number of halogens is 3. The summed E-state index contributed by atoms with van der Waals surface area (Å²) in [6.07, 6.45) is 5.30. The molecular formula is C18H18F3NO3. The second-order valence-electron chi connectivity index (χ2n) is 5.80. The number of carbonyl (C=O) groups is 2. The smallest absolute Gasteiger partial charge is 0.328 e. The van der Waals surface area contributed by atoms with Crippen molar-refractivity contribution in [3.05, 3.63) is 60.0 Å². The van der Waals surface area contributed by atoms with Crippen molar-refractivity contribution in [2.75, 3.05) is 0 Å². The van der Waals surface area contributed by atoms with Gasteiger partial charge in [0.1, 0.15) is 0 Å². The lowest BCUT2D eigenvalue weighted by molar-refractivity contribution is -0.136. The predicted octanol–water partition coefficient (Wildman–Crippen LogP) is 3.74. The summed E-state index contributed by atoms with van der Waals surface area (Å²) in [5, 5.41) is 8.81. The summed E-state index contributed by atoms with van der Waals surface area (Å²) >= 11 is 0. The summed E-state index contributed by atoms with van der Waals surface area (Å²) in [5.74, 6) is -5.71. The summed E-state index contributed by atoms with van der Waals surface area (Å²) < 4.78 is 40.4. The zero-order valence-electron chi connectivity index (χ0n) is 13.4. The fourth-order valence-corrected chi connectivity index (χ4v) is 3.09. The van der Waals surface area contributed by atoms with Gasteiger partial charge in [-0.1, -0.05) is 12.2 Å². The number of nitrogens with zero attached hydrogens (tertiary/aromatic N) is 1. The Hall–Kier alpha value is -2.57. The lowest BCUT2D eigenvalue weighted by Gasteiger charge is -2.41. The van der Waals surface area contributed by atoms with E-state index in [-0.39, 0.29) is 17.9 Å². The highest BCUT2D eigenvalue weighted by atomic mass is 19.2. The van der Waals surface area contributed by atoms with Crippen molar-refractivity contribution in [2.24, 2.45) is 0 Å². The number of piperidine rings is 1. The Morgan fingerprint density at radius 2 is 1.88 bits per heavy atom. The summed E-state index contributed by atoms with van der Waals surface area (Å²) in [6, 6.07) is 0.550. The number of benzene rings is 1. The normalized spacial score (nSPS) is 20.7. The molecule has 0 unspecified atom stereocenters. The summed E-state index contributed by atoms with van der Waals surface area (Å²) in [6.45, 7) is 3.50. The number of carboxylic acid groups (broad SMARTS) is 1. The van der Waals surface area contributed by atoms with Crippen molar-refractivity contribution in [3.63, 3.8) is 0 Å². The fraction of sp³-hybridized carbons (Fsp3) is 0.333. The maximum atomic E-state index is 13.6. The highest BCUT2D eigenvalue weighted by Crippen LogP contribution is 2.36. The van der Waals surface area contributed by atoms with Crippen LogP contribution in [0.2, 0.25) is 0 Å². The van der Waals surface area contributed by atoms with Gasteiger partial charge in [0.15, 0.2) is 17.5 Å². The molecule has 1 fully saturated rings. The molecule has 1 aliphatic heterocycles. The lowest BCUT2D eigenvalue weighted by atomic mass is 9.90. The number of amides is 1. The van der Waals surface area contributed by atoms with Crippen LogP contribution in [0.3, 0.4) is 0 Å². The quantitative estimate of drug-likeness (QED) is 0.498. The fourth-order valence-electron chi connectivity index (χ4n) is 3.09. The van der Waals surface area contributed by atoms with E-state index in [0.717, 1.165) is 18.2 Å². The third-order valence-corrected chi connectivity index (χ3v) is 4.13. The molecule has 1 aromatic carbocycles. The molecular weight excluding hydrogens is 335 g/mol. The Kier molecular flexibility index (Phi) is 6.01. The number of carboxylic acids is 1. The average Bonchev–Trinajstić information content (AvgIpc) is 2.57. The van der Waals surface area contributed by atoms with Crippen LogP contribution in [-0.4, -0.2) is 27.9 Å². The molecule has 0 radical (unpaired) electrons. The third-order valence-electron chi connectivity index (χ3n) is 4.13. The molecule has 2 atom stereocenters.